The number of ether oxygens (including phenoxy) is 6. The molecule has 0 spiro atoms. The van der Waals surface area contributed by atoms with Crippen molar-refractivity contribution in [2.24, 2.45) is 7.05 Å². The Morgan fingerprint density at radius 2 is 0.961 bits per heavy atom. The lowest BCUT2D eigenvalue weighted by Gasteiger charge is -2.21. The molecule has 0 aliphatic rings. The highest BCUT2D eigenvalue weighted by molar-refractivity contribution is 6.49. The van der Waals surface area contributed by atoms with E-state index >= 15 is 0 Å². The Kier molecular flexibility index (Phi) is 10.7. The largest absolute Gasteiger partial charge is 0.497 e. The van der Waals surface area contributed by atoms with Crippen molar-refractivity contribution in [1.29, 1.82) is 0 Å². The van der Waals surface area contributed by atoms with E-state index < -0.39 is 23.4 Å². The number of nitrogens with zero attached hydrogens (tertiary/aromatic N) is 3. The molecule has 0 bridgehead atoms. The number of carbonyl (C=O) groups excluding carboxylic acids is 4. The number of Topliss-reactive ketones (excluding diaryl/α,β-unsaturated/α-hetero) is 2. The predicted molar refractivity (Wildman–Crippen MR) is 187 cm³/mol. The number of anilines is 1. The molecule has 5 aromatic rings. The predicted octanol–water partition coefficient (Wildman–Crippen LogP) is 5.69. The van der Waals surface area contributed by atoms with Crippen molar-refractivity contribution < 1.29 is 47.6 Å². The van der Waals surface area contributed by atoms with Crippen molar-refractivity contribution >= 4 is 29.3 Å². The van der Waals surface area contributed by atoms with Crippen LogP contribution >= 0.6 is 0 Å². The zero-order chi connectivity index (χ0) is 36.8. The summed E-state index contributed by atoms with van der Waals surface area (Å²) in [6.07, 6.45) is 0. The Morgan fingerprint density at radius 1 is 0.529 bits per heavy atom. The molecule has 0 N–H and O–H groups in total. The fourth-order valence-electron chi connectivity index (χ4n) is 5.35. The van der Waals surface area contributed by atoms with Crippen LogP contribution in [0.2, 0.25) is 0 Å². The third-order valence-electron chi connectivity index (χ3n) is 8.08. The Balaban J connectivity index is 1.74. The van der Waals surface area contributed by atoms with Gasteiger partial charge in [-0.3, -0.25) is 19.2 Å². The van der Waals surface area contributed by atoms with Gasteiger partial charge in [-0.1, -0.05) is 0 Å². The van der Waals surface area contributed by atoms with E-state index in [9.17, 15) is 19.2 Å². The number of aromatic nitrogens is 2. The molecule has 4 aromatic carbocycles. The number of amides is 2. The summed E-state index contributed by atoms with van der Waals surface area (Å²) >= 11 is 0. The van der Waals surface area contributed by atoms with E-state index in [0.29, 0.717) is 28.6 Å². The van der Waals surface area contributed by atoms with Crippen LogP contribution in [0.4, 0.5) is 5.95 Å². The lowest BCUT2D eigenvalue weighted by molar-refractivity contribution is 0.0812. The second kappa shape index (κ2) is 15.3. The average molecular weight is 694 g/mol. The minimum atomic E-state index is -0.927. The summed E-state index contributed by atoms with van der Waals surface area (Å²) < 4.78 is 33.3. The van der Waals surface area contributed by atoms with Crippen molar-refractivity contribution in [1.82, 2.24) is 9.55 Å². The molecule has 51 heavy (non-hydrogen) atoms. The number of hydrogen-bond donors (Lipinski definition) is 0. The molecule has 2 amide bonds. The number of benzene rings is 4. The maximum atomic E-state index is 14.5. The van der Waals surface area contributed by atoms with Crippen molar-refractivity contribution in [3.8, 4) is 45.8 Å². The summed E-state index contributed by atoms with van der Waals surface area (Å²) in [7, 11) is 10.2. The van der Waals surface area contributed by atoms with Gasteiger partial charge >= 0.3 is 0 Å². The summed E-state index contributed by atoms with van der Waals surface area (Å²) in [5.74, 6) is -1.42. The molecular formula is C38H35N3O10. The fourth-order valence-corrected chi connectivity index (χ4v) is 5.35. The van der Waals surface area contributed by atoms with Gasteiger partial charge in [-0.05, 0) is 84.9 Å². The van der Waals surface area contributed by atoms with Gasteiger partial charge in [-0.25, -0.2) is 9.88 Å². The third-order valence-corrected chi connectivity index (χ3v) is 8.08. The normalized spacial score (nSPS) is 10.6. The minimum Gasteiger partial charge on any atom is -0.497 e. The molecule has 262 valence electrons. The second-order valence-corrected chi connectivity index (χ2v) is 10.9. The van der Waals surface area contributed by atoms with Gasteiger partial charge in [0.1, 0.15) is 22.9 Å². The molecule has 0 aliphatic heterocycles. The van der Waals surface area contributed by atoms with Crippen LogP contribution < -0.4 is 33.3 Å². The van der Waals surface area contributed by atoms with Gasteiger partial charge in [0.15, 0.2) is 23.0 Å². The number of hydrogen-bond acceptors (Lipinski definition) is 11. The highest BCUT2D eigenvalue weighted by Gasteiger charge is 2.36. The maximum absolute atomic E-state index is 14.5. The third kappa shape index (κ3) is 6.95. The van der Waals surface area contributed by atoms with Gasteiger partial charge in [0, 0.05) is 29.3 Å². The number of methoxy groups -OCH3 is 6. The highest BCUT2D eigenvalue weighted by Crippen LogP contribution is 2.35. The van der Waals surface area contributed by atoms with Crippen LogP contribution in [0.1, 0.15) is 41.6 Å². The molecule has 0 aliphatic carbocycles. The first-order chi connectivity index (χ1) is 24.6. The fraction of sp³-hybridized carbons (Fsp3) is 0.184. The Bertz CT molecular complexity index is 2040. The van der Waals surface area contributed by atoms with Gasteiger partial charge in [0.05, 0.1) is 42.7 Å². The first kappa shape index (κ1) is 35.7. The molecular weight excluding hydrogens is 658 g/mol. The van der Waals surface area contributed by atoms with Gasteiger partial charge in [-0.2, -0.15) is 0 Å². The summed E-state index contributed by atoms with van der Waals surface area (Å²) in [5, 5.41) is 0. The molecule has 13 nitrogen and oxygen atoms in total. The number of imide groups is 1. The van der Waals surface area contributed by atoms with Crippen LogP contribution in [0.15, 0.2) is 84.9 Å². The molecule has 13 heteroatoms. The molecule has 0 saturated heterocycles. The average Bonchev–Trinajstić information content (AvgIpc) is 3.52. The van der Waals surface area contributed by atoms with Gasteiger partial charge < -0.3 is 33.0 Å². The topological polar surface area (TPSA) is 145 Å². The van der Waals surface area contributed by atoms with E-state index in [-0.39, 0.29) is 45.5 Å². The van der Waals surface area contributed by atoms with Crippen LogP contribution in [-0.4, -0.2) is 75.6 Å². The smallest absolute Gasteiger partial charge is 0.267 e. The van der Waals surface area contributed by atoms with Crippen molar-refractivity contribution in [2.75, 3.05) is 47.6 Å². The molecule has 0 saturated carbocycles. The van der Waals surface area contributed by atoms with E-state index in [1.807, 2.05) is 0 Å². The lowest BCUT2D eigenvalue weighted by Crippen LogP contribution is -2.39. The minimum absolute atomic E-state index is 0.0395. The zero-order valence-corrected chi connectivity index (χ0v) is 29.0. The molecule has 1 aromatic heterocycles. The summed E-state index contributed by atoms with van der Waals surface area (Å²) in [5.41, 5.74) is 0.480. The van der Waals surface area contributed by atoms with Crippen molar-refractivity contribution in [2.45, 2.75) is 0 Å². The van der Waals surface area contributed by atoms with Gasteiger partial charge in [0.2, 0.25) is 11.7 Å². The number of ketones is 2. The molecule has 0 unspecified atom stereocenters. The SMILES string of the molecule is COc1ccc(C(=O)C(=O)c2c(-c3ccc(OC)cc3)nc(N(C(=O)c3ccc(OC)c(OC)c3)C(=O)c3ccc(OC)c(OC)c3)n2C)cc1. The van der Waals surface area contributed by atoms with Gasteiger partial charge in [-0.15, -0.1) is 0 Å². The Morgan fingerprint density at radius 3 is 1.39 bits per heavy atom. The van der Waals surface area contributed by atoms with Gasteiger partial charge in [0.25, 0.3) is 17.6 Å². The zero-order valence-electron chi connectivity index (χ0n) is 29.0. The monoisotopic (exact) mass is 693 g/mol. The van der Waals surface area contributed by atoms with Crippen LogP contribution in [0, 0.1) is 0 Å². The second-order valence-electron chi connectivity index (χ2n) is 10.9. The number of rotatable bonds is 13. The number of imidazole rings is 1. The van der Waals surface area contributed by atoms with E-state index in [0.717, 1.165) is 4.90 Å². The summed E-state index contributed by atoms with van der Waals surface area (Å²) in [6.45, 7) is 0. The standard InChI is InChI=1S/C38H35N3O10/c1-40-33(35(43)34(42)23-10-16-27(47-3)17-11-23)32(22-8-14-26(46-2)15-9-22)39-38(40)41(36(44)24-12-18-28(48-4)30(20-24)50-6)37(45)25-13-19-29(49-5)31(21-25)51-7/h8-21H,1-7H3. The quantitative estimate of drug-likeness (QED) is 0.0852. The Hall–Kier alpha value is -6.63. The van der Waals surface area contributed by atoms with Crippen molar-refractivity contribution in [3.05, 3.63) is 107 Å². The van der Waals surface area contributed by atoms with Crippen LogP contribution in [0.3, 0.4) is 0 Å². The van der Waals surface area contributed by atoms with E-state index in [1.54, 1.807) is 36.4 Å². The van der Waals surface area contributed by atoms with E-state index in [4.69, 9.17) is 33.4 Å². The van der Waals surface area contributed by atoms with Crippen LogP contribution in [-0.2, 0) is 7.05 Å². The first-order valence-electron chi connectivity index (χ1n) is 15.4. The highest BCUT2D eigenvalue weighted by atomic mass is 16.5. The molecule has 0 atom stereocenters. The first-order valence-corrected chi connectivity index (χ1v) is 15.4. The van der Waals surface area contributed by atoms with E-state index in [2.05, 4.69) is 0 Å². The molecule has 1 heterocycles. The molecule has 0 fully saturated rings. The lowest BCUT2D eigenvalue weighted by atomic mass is 10.0. The molecule has 0 radical (unpaired) electrons. The van der Waals surface area contributed by atoms with Crippen molar-refractivity contribution in [3.63, 3.8) is 0 Å². The van der Waals surface area contributed by atoms with E-state index in [1.165, 1.54) is 103 Å². The van der Waals surface area contributed by atoms with Crippen LogP contribution in [0.5, 0.6) is 34.5 Å². The molecule has 5 rings (SSSR count). The summed E-state index contributed by atoms with van der Waals surface area (Å²) in [6, 6.07) is 21.5. The number of carbonyl (C=O) groups is 4. The summed E-state index contributed by atoms with van der Waals surface area (Å²) in [4.78, 5) is 62.4. The van der Waals surface area contributed by atoms with Crippen LogP contribution in [0.25, 0.3) is 11.3 Å². The maximum Gasteiger partial charge on any atom is 0.267 e. The Labute approximate surface area is 293 Å².